The van der Waals surface area contributed by atoms with Crippen molar-refractivity contribution in [2.24, 2.45) is 5.92 Å². The van der Waals surface area contributed by atoms with E-state index in [4.69, 9.17) is 0 Å². The molecule has 3 nitrogen and oxygen atoms in total. The number of nitrogens with zero attached hydrogens (tertiary/aromatic N) is 2. The molecular formula is C19H26Cl2F3N3S. The monoisotopic (exact) mass is 455 g/mol. The maximum absolute atomic E-state index is 12.7. The van der Waals surface area contributed by atoms with Gasteiger partial charge >= 0.3 is 6.18 Å². The third-order valence-corrected chi connectivity index (χ3v) is 5.85. The van der Waals surface area contributed by atoms with E-state index >= 15 is 0 Å². The van der Waals surface area contributed by atoms with Crippen molar-refractivity contribution in [3.8, 4) is 10.6 Å². The van der Waals surface area contributed by atoms with Gasteiger partial charge in [-0.05, 0) is 64.0 Å². The van der Waals surface area contributed by atoms with E-state index < -0.39 is 11.7 Å². The van der Waals surface area contributed by atoms with Gasteiger partial charge in [0.2, 0.25) is 0 Å². The van der Waals surface area contributed by atoms with Crippen LogP contribution in [0.1, 0.15) is 30.5 Å². The van der Waals surface area contributed by atoms with Crippen LogP contribution in [0.4, 0.5) is 13.2 Å². The largest absolute Gasteiger partial charge is 0.416 e. The second-order valence-electron chi connectivity index (χ2n) is 6.83. The van der Waals surface area contributed by atoms with Crippen LogP contribution < -0.4 is 5.32 Å². The minimum absolute atomic E-state index is 0. The molecule has 0 unspecified atom stereocenters. The van der Waals surface area contributed by atoms with Crippen LogP contribution in [-0.2, 0) is 12.7 Å². The van der Waals surface area contributed by atoms with Crippen LogP contribution in [0.25, 0.3) is 10.6 Å². The highest BCUT2D eigenvalue weighted by Crippen LogP contribution is 2.32. The second kappa shape index (κ2) is 11.4. The van der Waals surface area contributed by atoms with Gasteiger partial charge in [0, 0.05) is 17.5 Å². The molecule has 1 fully saturated rings. The van der Waals surface area contributed by atoms with Crippen molar-refractivity contribution in [1.82, 2.24) is 15.2 Å². The van der Waals surface area contributed by atoms with Gasteiger partial charge < -0.3 is 5.32 Å². The maximum Gasteiger partial charge on any atom is 0.416 e. The molecule has 1 N–H and O–H groups in total. The summed E-state index contributed by atoms with van der Waals surface area (Å²) in [6.45, 7) is 4.06. The predicted molar refractivity (Wildman–Crippen MR) is 114 cm³/mol. The summed E-state index contributed by atoms with van der Waals surface area (Å²) in [6, 6.07) is 5.23. The average molecular weight is 456 g/mol. The zero-order valence-electron chi connectivity index (χ0n) is 15.7. The molecule has 1 saturated heterocycles. The molecule has 0 amide bonds. The Morgan fingerprint density at radius 3 is 2.36 bits per heavy atom. The van der Waals surface area contributed by atoms with E-state index in [-0.39, 0.29) is 24.8 Å². The van der Waals surface area contributed by atoms with Crippen molar-refractivity contribution >= 4 is 36.2 Å². The first-order valence-electron chi connectivity index (χ1n) is 8.94. The van der Waals surface area contributed by atoms with Crippen molar-refractivity contribution in [2.45, 2.75) is 32.0 Å². The highest BCUT2D eigenvalue weighted by Gasteiger charge is 2.30. The second-order valence-corrected chi connectivity index (χ2v) is 7.69. The molecule has 0 bridgehead atoms. The Balaban J connectivity index is 0.00000196. The maximum atomic E-state index is 12.7. The fourth-order valence-corrected chi connectivity index (χ4v) is 4.14. The molecule has 1 aliphatic rings. The molecule has 0 saturated carbocycles. The van der Waals surface area contributed by atoms with Gasteiger partial charge in [-0.2, -0.15) is 13.2 Å². The number of hydrogen-bond donors (Lipinski definition) is 1. The molecule has 0 aliphatic carbocycles. The van der Waals surface area contributed by atoms with E-state index in [1.165, 1.54) is 42.7 Å². The van der Waals surface area contributed by atoms with E-state index in [0.717, 1.165) is 60.5 Å². The Bertz CT molecular complexity index is 699. The van der Waals surface area contributed by atoms with Gasteiger partial charge in [-0.25, -0.2) is 4.98 Å². The van der Waals surface area contributed by atoms with Crippen LogP contribution in [0.5, 0.6) is 0 Å². The third-order valence-electron chi connectivity index (χ3n) is 4.91. The summed E-state index contributed by atoms with van der Waals surface area (Å²) in [7, 11) is 1.99. The summed E-state index contributed by atoms with van der Waals surface area (Å²) in [4.78, 5) is 7.04. The van der Waals surface area contributed by atoms with Crippen LogP contribution in [0.2, 0.25) is 0 Å². The molecule has 0 spiro atoms. The molecule has 158 valence electrons. The van der Waals surface area contributed by atoms with Crippen molar-refractivity contribution in [1.29, 1.82) is 0 Å². The summed E-state index contributed by atoms with van der Waals surface area (Å²) in [5.41, 5.74) is 1.11. The van der Waals surface area contributed by atoms with Crippen molar-refractivity contribution < 1.29 is 13.2 Å². The van der Waals surface area contributed by atoms with Crippen LogP contribution >= 0.6 is 36.2 Å². The third kappa shape index (κ3) is 6.88. The number of aromatic nitrogens is 1. The molecule has 28 heavy (non-hydrogen) atoms. The predicted octanol–water partition coefficient (Wildman–Crippen LogP) is 5.49. The fraction of sp³-hybridized carbons (Fsp3) is 0.526. The van der Waals surface area contributed by atoms with Crippen molar-refractivity contribution in [3.63, 3.8) is 0 Å². The van der Waals surface area contributed by atoms with Gasteiger partial charge in [0.1, 0.15) is 5.01 Å². The number of alkyl halides is 3. The zero-order valence-corrected chi connectivity index (χ0v) is 18.1. The van der Waals surface area contributed by atoms with Gasteiger partial charge in [0.25, 0.3) is 0 Å². The van der Waals surface area contributed by atoms with Gasteiger partial charge in [-0.15, -0.1) is 36.2 Å². The Hall–Kier alpha value is -0.860. The Labute approximate surface area is 180 Å². The highest BCUT2D eigenvalue weighted by molar-refractivity contribution is 7.13. The first-order chi connectivity index (χ1) is 12.5. The van der Waals surface area contributed by atoms with Crippen LogP contribution in [0.3, 0.4) is 0 Å². The SMILES string of the molecule is CNCCC1CCN(Cc2csc(-c3ccc(C(F)(F)F)cc3)n2)CC1.Cl.Cl. The smallest absolute Gasteiger partial charge is 0.320 e. The summed E-state index contributed by atoms with van der Waals surface area (Å²) in [6.07, 6.45) is -0.625. The minimum atomic E-state index is -4.30. The molecular weight excluding hydrogens is 430 g/mol. The number of thiazole rings is 1. The normalized spacial score (nSPS) is 15.7. The summed E-state index contributed by atoms with van der Waals surface area (Å²) < 4.78 is 38.0. The van der Waals surface area contributed by atoms with Crippen molar-refractivity contribution in [3.05, 3.63) is 40.9 Å². The molecule has 2 heterocycles. The zero-order chi connectivity index (χ0) is 18.6. The number of likely N-dealkylation sites (tertiary alicyclic amines) is 1. The minimum Gasteiger partial charge on any atom is -0.320 e. The van der Waals surface area contributed by atoms with E-state index in [2.05, 4.69) is 15.2 Å². The first-order valence-corrected chi connectivity index (χ1v) is 9.82. The fourth-order valence-electron chi connectivity index (χ4n) is 3.32. The standard InChI is InChI=1S/C19H24F3N3S.2ClH/c1-23-9-6-14-7-10-25(11-8-14)12-17-13-26-18(24-17)15-2-4-16(5-3-15)19(20,21)22;;/h2-5,13-14,23H,6-12H2,1H3;2*1H. The molecule has 1 aromatic heterocycles. The number of halogens is 5. The lowest BCUT2D eigenvalue weighted by Crippen LogP contribution is -2.34. The lowest BCUT2D eigenvalue weighted by atomic mass is 9.93. The van der Waals surface area contributed by atoms with E-state index in [1.54, 1.807) is 0 Å². The first kappa shape index (κ1) is 25.2. The Morgan fingerprint density at radius 1 is 1.14 bits per heavy atom. The van der Waals surface area contributed by atoms with E-state index in [9.17, 15) is 13.2 Å². The van der Waals surface area contributed by atoms with E-state index in [1.807, 2.05) is 12.4 Å². The van der Waals surface area contributed by atoms with Gasteiger partial charge in [0.05, 0.1) is 11.3 Å². The highest BCUT2D eigenvalue weighted by atomic mass is 35.5. The van der Waals surface area contributed by atoms with Crippen LogP contribution in [0, 0.1) is 5.92 Å². The summed E-state index contributed by atoms with van der Waals surface area (Å²) in [5.74, 6) is 0.803. The van der Waals surface area contributed by atoms with Gasteiger partial charge in [-0.3, -0.25) is 4.90 Å². The van der Waals surface area contributed by atoms with Crippen LogP contribution in [0.15, 0.2) is 29.6 Å². The molecule has 0 radical (unpaired) electrons. The Kier molecular flexibility index (Phi) is 10.2. The summed E-state index contributed by atoms with van der Waals surface area (Å²) >= 11 is 1.49. The Morgan fingerprint density at radius 2 is 1.79 bits per heavy atom. The summed E-state index contributed by atoms with van der Waals surface area (Å²) in [5, 5.41) is 6.00. The number of hydrogen-bond acceptors (Lipinski definition) is 4. The topological polar surface area (TPSA) is 28.2 Å². The number of nitrogens with one attached hydrogen (secondary N) is 1. The van der Waals surface area contributed by atoms with Gasteiger partial charge in [-0.1, -0.05) is 12.1 Å². The molecule has 1 aromatic carbocycles. The quantitative estimate of drug-likeness (QED) is 0.623. The lowest BCUT2D eigenvalue weighted by Gasteiger charge is -2.31. The number of piperidine rings is 1. The molecule has 2 aromatic rings. The molecule has 3 rings (SSSR count). The lowest BCUT2D eigenvalue weighted by molar-refractivity contribution is -0.137. The van der Waals surface area contributed by atoms with Crippen molar-refractivity contribution in [2.75, 3.05) is 26.7 Å². The number of benzene rings is 1. The number of rotatable bonds is 6. The molecule has 0 atom stereocenters. The van der Waals surface area contributed by atoms with Gasteiger partial charge in [0.15, 0.2) is 0 Å². The average Bonchev–Trinajstić information content (AvgIpc) is 3.09. The molecule has 9 heteroatoms. The van der Waals surface area contributed by atoms with Crippen LogP contribution in [-0.4, -0.2) is 36.6 Å². The van der Waals surface area contributed by atoms with E-state index in [0.29, 0.717) is 0 Å². The molecule has 1 aliphatic heterocycles.